The monoisotopic (exact) mass is 389 g/mol. The molecule has 0 aromatic heterocycles. The molecule has 0 saturated carbocycles. The van der Waals surface area contributed by atoms with Crippen molar-refractivity contribution in [1.82, 2.24) is 5.32 Å². The lowest BCUT2D eigenvalue weighted by molar-refractivity contribution is 0.0489. The zero-order valence-electron chi connectivity index (χ0n) is 15.4. The molecule has 142 valence electrons. The molecule has 4 nitrogen and oxygen atoms in total. The molecule has 0 aliphatic heterocycles. The molecule has 0 radical (unpaired) electrons. The maximum atomic E-state index is 13.4. The zero-order valence-corrected chi connectivity index (χ0v) is 16.1. The van der Waals surface area contributed by atoms with Crippen LogP contribution < -0.4 is 5.32 Å². The number of fused-ring (bicyclic) bond motifs is 1. The first kappa shape index (κ1) is 19.4. The van der Waals surface area contributed by atoms with Gasteiger partial charge < -0.3 is 10.1 Å². The molecule has 0 fully saturated rings. The fourth-order valence-electron chi connectivity index (χ4n) is 3.25. The Morgan fingerprint density at radius 2 is 1.81 bits per heavy atom. The maximum absolute atomic E-state index is 13.4. The minimum Gasteiger partial charge on any atom is -0.444 e. The van der Waals surface area contributed by atoms with E-state index in [1.807, 2.05) is 12.1 Å². The molecule has 1 N–H and O–H groups in total. The molecule has 0 bridgehead atoms. The van der Waals surface area contributed by atoms with Crippen LogP contribution in [0.15, 0.2) is 48.5 Å². The Kier molecular flexibility index (Phi) is 5.00. The lowest BCUT2D eigenvalue weighted by Gasteiger charge is -2.32. The average molecular weight is 390 g/mol. The van der Waals surface area contributed by atoms with Crippen molar-refractivity contribution in [3.8, 4) is 0 Å². The van der Waals surface area contributed by atoms with E-state index in [9.17, 15) is 14.0 Å². The second-order valence-corrected chi connectivity index (χ2v) is 8.33. The predicted molar refractivity (Wildman–Crippen MR) is 102 cm³/mol. The normalized spacial score (nSPS) is 20.1. The Labute approximate surface area is 162 Å². The van der Waals surface area contributed by atoms with Gasteiger partial charge in [0, 0.05) is 12.0 Å². The number of carbonyl (C=O) groups is 2. The van der Waals surface area contributed by atoms with E-state index in [1.54, 1.807) is 32.9 Å². The van der Waals surface area contributed by atoms with Crippen LogP contribution in [0.5, 0.6) is 0 Å². The molecule has 0 spiro atoms. The number of rotatable bonds is 3. The van der Waals surface area contributed by atoms with Gasteiger partial charge in [0.2, 0.25) is 0 Å². The highest BCUT2D eigenvalue weighted by Crippen LogP contribution is 2.44. The highest BCUT2D eigenvalue weighted by atomic mass is 35.5. The molecule has 2 aromatic carbocycles. The first-order valence-corrected chi connectivity index (χ1v) is 9.04. The van der Waals surface area contributed by atoms with E-state index in [-0.39, 0.29) is 12.2 Å². The standard InChI is InChI=1S/C21H21ClFNO3/c1-20(2,3)27-19(26)24-17(13-8-10-15(23)11-9-13)21(22)12-14-6-4-5-7-16(14)18(21)25/h4-11,17H,12H2,1-3H3,(H,24,26)/t17-,21-/m1/s1. The van der Waals surface area contributed by atoms with E-state index >= 15 is 0 Å². The summed E-state index contributed by atoms with van der Waals surface area (Å²) in [5, 5.41) is 2.72. The second kappa shape index (κ2) is 6.97. The summed E-state index contributed by atoms with van der Waals surface area (Å²) in [6, 6.07) is 11.8. The van der Waals surface area contributed by atoms with Crippen molar-refractivity contribution in [3.05, 3.63) is 71.0 Å². The van der Waals surface area contributed by atoms with Gasteiger partial charge in [0.15, 0.2) is 5.78 Å². The largest absolute Gasteiger partial charge is 0.444 e. The quantitative estimate of drug-likeness (QED) is 0.766. The zero-order chi connectivity index (χ0) is 19.8. The molecule has 3 rings (SSSR count). The van der Waals surface area contributed by atoms with Crippen LogP contribution in [0.3, 0.4) is 0 Å². The summed E-state index contributed by atoms with van der Waals surface area (Å²) in [5.74, 6) is -0.690. The maximum Gasteiger partial charge on any atom is 0.408 e. The summed E-state index contributed by atoms with van der Waals surface area (Å²) < 4.78 is 18.7. The topological polar surface area (TPSA) is 55.4 Å². The number of nitrogens with one attached hydrogen (secondary N) is 1. The Morgan fingerprint density at radius 3 is 2.41 bits per heavy atom. The van der Waals surface area contributed by atoms with Crippen molar-refractivity contribution >= 4 is 23.5 Å². The number of carbonyl (C=O) groups excluding carboxylic acids is 2. The summed E-state index contributed by atoms with van der Waals surface area (Å²) in [5.41, 5.74) is 1.17. The fourth-order valence-corrected chi connectivity index (χ4v) is 3.68. The van der Waals surface area contributed by atoms with Crippen LogP contribution in [0.25, 0.3) is 0 Å². The van der Waals surface area contributed by atoms with E-state index in [0.717, 1.165) is 5.56 Å². The van der Waals surface area contributed by atoms with Crippen LogP contribution >= 0.6 is 11.6 Å². The van der Waals surface area contributed by atoms with Crippen LogP contribution in [-0.2, 0) is 11.2 Å². The lowest BCUT2D eigenvalue weighted by Crippen LogP contribution is -2.47. The first-order chi connectivity index (χ1) is 12.6. The van der Waals surface area contributed by atoms with Gasteiger partial charge in [-0.2, -0.15) is 0 Å². The molecule has 1 amide bonds. The Hall–Kier alpha value is -2.40. The van der Waals surface area contributed by atoms with Gasteiger partial charge >= 0.3 is 6.09 Å². The van der Waals surface area contributed by atoms with Gasteiger partial charge in [0.1, 0.15) is 16.3 Å². The van der Waals surface area contributed by atoms with Gasteiger partial charge in [0.25, 0.3) is 0 Å². The van der Waals surface area contributed by atoms with Gasteiger partial charge in [-0.3, -0.25) is 4.79 Å². The van der Waals surface area contributed by atoms with Gasteiger partial charge in [-0.05, 0) is 44.0 Å². The van der Waals surface area contributed by atoms with Crippen LogP contribution in [0, 0.1) is 5.82 Å². The van der Waals surface area contributed by atoms with Crippen LogP contribution in [-0.4, -0.2) is 22.4 Å². The summed E-state index contributed by atoms with van der Waals surface area (Å²) >= 11 is 6.83. The van der Waals surface area contributed by atoms with E-state index in [1.165, 1.54) is 24.3 Å². The third-order valence-electron chi connectivity index (χ3n) is 4.41. The molecule has 1 aliphatic carbocycles. The predicted octanol–water partition coefficient (Wildman–Crippen LogP) is 4.81. The summed E-state index contributed by atoms with van der Waals surface area (Å²) in [6.45, 7) is 5.23. The second-order valence-electron chi connectivity index (χ2n) is 7.66. The number of alkyl halides is 1. The lowest BCUT2D eigenvalue weighted by atomic mass is 9.88. The van der Waals surface area contributed by atoms with Crippen LogP contribution in [0.4, 0.5) is 9.18 Å². The summed E-state index contributed by atoms with van der Waals surface area (Å²) in [4.78, 5) is 24.1. The number of hydrogen-bond acceptors (Lipinski definition) is 3. The van der Waals surface area contributed by atoms with E-state index in [4.69, 9.17) is 16.3 Å². The van der Waals surface area contributed by atoms with E-state index in [2.05, 4.69) is 5.32 Å². The van der Waals surface area contributed by atoms with E-state index in [0.29, 0.717) is 11.1 Å². The summed E-state index contributed by atoms with van der Waals surface area (Å²) in [7, 11) is 0. The molecule has 27 heavy (non-hydrogen) atoms. The third kappa shape index (κ3) is 3.98. The number of ether oxygens (including phenoxy) is 1. The Morgan fingerprint density at radius 1 is 1.19 bits per heavy atom. The Bertz CT molecular complexity index is 876. The SMILES string of the molecule is CC(C)(C)OC(=O)N[C@H](c1ccc(F)cc1)[C@]1(Cl)Cc2ccccc2C1=O. The number of ketones is 1. The smallest absolute Gasteiger partial charge is 0.408 e. The molecule has 6 heteroatoms. The number of halogens is 2. The molecule has 0 saturated heterocycles. The highest BCUT2D eigenvalue weighted by molar-refractivity contribution is 6.40. The number of amides is 1. The van der Waals surface area contributed by atoms with Crippen LogP contribution in [0.2, 0.25) is 0 Å². The summed E-state index contributed by atoms with van der Waals surface area (Å²) in [6.07, 6.45) is -0.442. The van der Waals surface area contributed by atoms with Gasteiger partial charge in [-0.15, -0.1) is 11.6 Å². The molecular weight excluding hydrogens is 369 g/mol. The van der Waals surface area contributed by atoms with Crippen molar-refractivity contribution in [2.24, 2.45) is 0 Å². The van der Waals surface area contributed by atoms with Gasteiger partial charge in [-0.25, -0.2) is 9.18 Å². The third-order valence-corrected chi connectivity index (χ3v) is 4.93. The average Bonchev–Trinajstić information content (AvgIpc) is 2.84. The molecule has 2 aromatic rings. The Balaban J connectivity index is 1.98. The molecule has 0 unspecified atom stereocenters. The number of hydrogen-bond donors (Lipinski definition) is 1. The molecule has 2 atom stereocenters. The van der Waals surface area contributed by atoms with Crippen molar-refractivity contribution in [2.45, 2.75) is 43.7 Å². The minimum absolute atomic E-state index is 0.251. The minimum atomic E-state index is -1.42. The van der Waals surface area contributed by atoms with Crippen LogP contribution in [0.1, 0.15) is 48.3 Å². The molecule has 0 heterocycles. The van der Waals surface area contributed by atoms with Crippen molar-refractivity contribution in [2.75, 3.05) is 0 Å². The van der Waals surface area contributed by atoms with Crippen molar-refractivity contribution in [3.63, 3.8) is 0 Å². The van der Waals surface area contributed by atoms with Crippen molar-refractivity contribution in [1.29, 1.82) is 0 Å². The highest BCUT2D eigenvalue weighted by Gasteiger charge is 2.51. The molecule has 1 aliphatic rings. The van der Waals surface area contributed by atoms with Gasteiger partial charge in [0.05, 0.1) is 6.04 Å². The first-order valence-electron chi connectivity index (χ1n) is 8.67. The van der Waals surface area contributed by atoms with Crippen molar-refractivity contribution < 1.29 is 18.7 Å². The van der Waals surface area contributed by atoms with Gasteiger partial charge in [-0.1, -0.05) is 36.4 Å². The van der Waals surface area contributed by atoms with E-state index < -0.39 is 28.4 Å². The number of benzene rings is 2. The number of alkyl carbamates (subject to hydrolysis) is 1. The number of Topliss-reactive ketones (excluding diaryl/α,β-unsaturated/α-hetero) is 1. The fraction of sp³-hybridized carbons (Fsp3) is 0.333. The molecular formula is C21H21ClFNO3.